The first-order valence-corrected chi connectivity index (χ1v) is 5.63. The van der Waals surface area contributed by atoms with Crippen LogP contribution in [0.25, 0.3) is 0 Å². The van der Waals surface area contributed by atoms with Crippen molar-refractivity contribution < 1.29 is 23.5 Å². The molecule has 1 amide bonds. The third-order valence-electron chi connectivity index (χ3n) is 2.91. The van der Waals surface area contributed by atoms with Crippen LogP contribution in [0.4, 0.5) is 8.78 Å². The fraction of sp³-hybridized carbons (Fsp3) is 0.333. The summed E-state index contributed by atoms with van der Waals surface area (Å²) in [5.41, 5.74) is -1.80. The fourth-order valence-electron chi connectivity index (χ4n) is 1.26. The van der Waals surface area contributed by atoms with Crippen molar-refractivity contribution in [1.29, 1.82) is 0 Å². The molecule has 0 saturated carbocycles. The van der Waals surface area contributed by atoms with Crippen molar-refractivity contribution in [3.8, 4) is 0 Å². The van der Waals surface area contributed by atoms with Gasteiger partial charge in [-0.3, -0.25) is 4.79 Å². The van der Waals surface area contributed by atoms with Crippen molar-refractivity contribution in [3.63, 3.8) is 0 Å². The molecule has 0 aliphatic rings. The molecule has 4 nitrogen and oxygen atoms in total. The number of likely N-dealkylation sites (N-methyl/N-ethyl adjacent to an activating group) is 1. The third-order valence-corrected chi connectivity index (χ3v) is 3.22. The quantitative estimate of drug-likeness (QED) is 0.871. The van der Waals surface area contributed by atoms with E-state index in [1.54, 1.807) is 0 Å². The SMILES string of the molecule is CN(C(=O)c1cc(F)c(F)cc1Cl)C(C)(C)C(=O)O. The van der Waals surface area contributed by atoms with E-state index in [0.717, 1.165) is 4.90 Å². The van der Waals surface area contributed by atoms with Gasteiger partial charge in [0.15, 0.2) is 11.6 Å². The maximum Gasteiger partial charge on any atom is 0.329 e. The van der Waals surface area contributed by atoms with Crippen LogP contribution in [-0.2, 0) is 4.79 Å². The third kappa shape index (κ3) is 2.84. The number of hydrogen-bond acceptors (Lipinski definition) is 2. The Balaban J connectivity index is 3.21. The molecule has 104 valence electrons. The summed E-state index contributed by atoms with van der Waals surface area (Å²) in [7, 11) is 1.24. The number of carboxylic acid groups (broad SMARTS) is 1. The first-order valence-electron chi connectivity index (χ1n) is 5.25. The Morgan fingerprint density at radius 2 is 1.74 bits per heavy atom. The molecule has 0 aliphatic carbocycles. The molecule has 0 spiro atoms. The van der Waals surface area contributed by atoms with E-state index in [2.05, 4.69) is 0 Å². The van der Waals surface area contributed by atoms with E-state index in [4.69, 9.17) is 16.7 Å². The summed E-state index contributed by atoms with van der Waals surface area (Å²) in [4.78, 5) is 24.0. The molecule has 1 aromatic rings. The van der Waals surface area contributed by atoms with Crippen LogP contribution in [0, 0.1) is 11.6 Å². The van der Waals surface area contributed by atoms with Gasteiger partial charge in [-0.05, 0) is 26.0 Å². The zero-order valence-corrected chi connectivity index (χ0v) is 11.3. The summed E-state index contributed by atoms with van der Waals surface area (Å²) in [6, 6.07) is 1.32. The van der Waals surface area contributed by atoms with Gasteiger partial charge in [0, 0.05) is 7.05 Å². The Bertz CT molecular complexity index is 546. The van der Waals surface area contributed by atoms with Gasteiger partial charge in [0.25, 0.3) is 5.91 Å². The second-order valence-electron chi connectivity index (χ2n) is 4.47. The zero-order chi connectivity index (χ0) is 15.0. The molecule has 0 aromatic heterocycles. The number of carboxylic acids is 1. The molecule has 7 heteroatoms. The van der Waals surface area contributed by atoms with E-state index in [9.17, 15) is 18.4 Å². The lowest BCUT2D eigenvalue weighted by atomic mass is 10.0. The fourth-order valence-corrected chi connectivity index (χ4v) is 1.50. The van der Waals surface area contributed by atoms with Crippen LogP contribution in [0.2, 0.25) is 5.02 Å². The highest BCUT2D eigenvalue weighted by Crippen LogP contribution is 2.24. The average molecular weight is 292 g/mol. The van der Waals surface area contributed by atoms with Gasteiger partial charge < -0.3 is 10.0 Å². The standard InChI is InChI=1S/C12H12ClF2NO3/c1-12(2,11(18)19)16(3)10(17)6-4-8(14)9(15)5-7(6)13/h4-5H,1-3H3,(H,18,19). The van der Waals surface area contributed by atoms with Gasteiger partial charge in [-0.1, -0.05) is 11.6 Å². The van der Waals surface area contributed by atoms with E-state index < -0.39 is 29.0 Å². The lowest BCUT2D eigenvalue weighted by Gasteiger charge is -2.31. The summed E-state index contributed by atoms with van der Waals surface area (Å²) in [5.74, 6) is -4.45. The predicted octanol–water partition coefficient (Wildman–Crippen LogP) is 2.55. The molecule has 1 aromatic carbocycles. The molecule has 1 rings (SSSR count). The van der Waals surface area contributed by atoms with Gasteiger partial charge in [0.2, 0.25) is 0 Å². The van der Waals surface area contributed by atoms with Crippen molar-refractivity contribution in [2.24, 2.45) is 0 Å². The lowest BCUT2D eigenvalue weighted by Crippen LogP contribution is -2.50. The van der Waals surface area contributed by atoms with Crippen molar-refractivity contribution in [1.82, 2.24) is 4.90 Å². The molecule has 0 bridgehead atoms. The number of hydrogen-bond donors (Lipinski definition) is 1. The molecule has 0 radical (unpaired) electrons. The summed E-state index contributed by atoms with van der Waals surface area (Å²) >= 11 is 5.67. The highest BCUT2D eigenvalue weighted by molar-refractivity contribution is 6.33. The summed E-state index contributed by atoms with van der Waals surface area (Å²) < 4.78 is 26.0. The smallest absolute Gasteiger partial charge is 0.329 e. The predicted molar refractivity (Wildman–Crippen MR) is 65.2 cm³/mol. The Hall–Kier alpha value is -1.69. The molecule has 0 saturated heterocycles. The highest BCUT2D eigenvalue weighted by Gasteiger charge is 2.36. The summed E-state index contributed by atoms with van der Waals surface area (Å²) in [6.45, 7) is 2.61. The molecule has 1 N–H and O–H groups in total. The normalized spacial score (nSPS) is 11.3. The van der Waals surface area contributed by atoms with Gasteiger partial charge >= 0.3 is 5.97 Å². The van der Waals surface area contributed by atoms with E-state index in [0.29, 0.717) is 12.1 Å². The average Bonchev–Trinajstić information content (AvgIpc) is 2.31. The summed E-state index contributed by atoms with van der Waals surface area (Å²) in [5, 5.41) is 8.73. The minimum atomic E-state index is -1.51. The van der Waals surface area contributed by atoms with Crippen molar-refractivity contribution in [2.75, 3.05) is 7.05 Å². The van der Waals surface area contributed by atoms with Crippen LogP contribution >= 0.6 is 11.6 Å². The number of amides is 1. The van der Waals surface area contributed by atoms with Gasteiger partial charge in [-0.15, -0.1) is 0 Å². The van der Waals surface area contributed by atoms with Crippen molar-refractivity contribution in [3.05, 3.63) is 34.4 Å². The van der Waals surface area contributed by atoms with Crippen LogP contribution in [0.5, 0.6) is 0 Å². The molecule has 0 heterocycles. The monoisotopic (exact) mass is 291 g/mol. The first kappa shape index (κ1) is 15.4. The van der Waals surface area contributed by atoms with Crippen LogP contribution in [0.15, 0.2) is 12.1 Å². The van der Waals surface area contributed by atoms with E-state index >= 15 is 0 Å². The molecular formula is C12H12ClF2NO3. The highest BCUT2D eigenvalue weighted by atomic mass is 35.5. The van der Waals surface area contributed by atoms with Gasteiger partial charge in [-0.25, -0.2) is 13.6 Å². The largest absolute Gasteiger partial charge is 0.480 e. The zero-order valence-electron chi connectivity index (χ0n) is 10.5. The molecular weight excluding hydrogens is 280 g/mol. The minimum absolute atomic E-state index is 0.281. The van der Waals surface area contributed by atoms with Crippen LogP contribution in [-0.4, -0.2) is 34.5 Å². The van der Waals surface area contributed by atoms with Crippen molar-refractivity contribution >= 4 is 23.5 Å². The maximum absolute atomic E-state index is 13.1. The second-order valence-corrected chi connectivity index (χ2v) is 4.88. The summed E-state index contributed by atoms with van der Waals surface area (Å²) in [6.07, 6.45) is 0. The molecule has 0 aliphatic heterocycles. The van der Waals surface area contributed by atoms with Gasteiger partial charge in [-0.2, -0.15) is 0 Å². The topological polar surface area (TPSA) is 57.6 Å². The van der Waals surface area contributed by atoms with Gasteiger partial charge in [0.1, 0.15) is 5.54 Å². The maximum atomic E-state index is 13.1. The number of halogens is 3. The Morgan fingerprint density at radius 1 is 1.26 bits per heavy atom. The van der Waals surface area contributed by atoms with Gasteiger partial charge in [0.05, 0.1) is 10.6 Å². The number of carbonyl (C=O) groups excluding carboxylic acids is 1. The van der Waals surface area contributed by atoms with Crippen LogP contribution in [0.1, 0.15) is 24.2 Å². The van der Waals surface area contributed by atoms with Crippen LogP contribution in [0.3, 0.4) is 0 Å². The number of carbonyl (C=O) groups is 2. The number of nitrogens with zero attached hydrogens (tertiary/aromatic N) is 1. The Morgan fingerprint density at radius 3 is 2.21 bits per heavy atom. The lowest BCUT2D eigenvalue weighted by molar-refractivity contribution is -0.147. The number of aliphatic carboxylic acids is 1. The Kier molecular flexibility index (Phi) is 4.15. The second kappa shape index (κ2) is 5.13. The van der Waals surface area contributed by atoms with E-state index in [-0.39, 0.29) is 10.6 Å². The van der Waals surface area contributed by atoms with Crippen LogP contribution < -0.4 is 0 Å². The Labute approximate surface area is 113 Å². The molecule has 0 atom stereocenters. The first-order chi connectivity index (χ1) is 8.59. The molecule has 19 heavy (non-hydrogen) atoms. The molecule has 0 fully saturated rings. The molecule has 0 unspecified atom stereocenters. The van der Waals surface area contributed by atoms with E-state index in [1.807, 2.05) is 0 Å². The number of benzene rings is 1. The van der Waals surface area contributed by atoms with Crippen molar-refractivity contribution in [2.45, 2.75) is 19.4 Å². The number of rotatable bonds is 3. The minimum Gasteiger partial charge on any atom is -0.480 e. The van der Waals surface area contributed by atoms with E-state index in [1.165, 1.54) is 20.9 Å².